The molecule has 1 N–H and O–H groups in total. The molecule has 1 heterocycles. The molecule has 0 radical (unpaired) electrons. The van der Waals surface area contributed by atoms with E-state index in [2.05, 4.69) is 12.2 Å². The van der Waals surface area contributed by atoms with Gasteiger partial charge in [-0.25, -0.2) is 9.78 Å². The van der Waals surface area contributed by atoms with E-state index in [0.29, 0.717) is 36.4 Å². The zero-order valence-corrected chi connectivity index (χ0v) is 20.1. The van der Waals surface area contributed by atoms with Gasteiger partial charge in [-0.15, -0.1) is 0 Å². The maximum atomic E-state index is 13.2. The van der Waals surface area contributed by atoms with Gasteiger partial charge in [0.2, 0.25) is 0 Å². The molecule has 9 nitrogen and oxygen atoms in total. The molecular weight excluding hydrogens is 424 g/mol. The highest BCUT2D eigenvalue weighted by molar-refractivity contribution is 5.81. The number of fused-ring (bicyclic) bond motifs is 1. The number of amides is 2. The summed E-state index contributed by atoms with van der Waals surface area (Å²) in [6, 6.07) is 6.28. The second-order valence-electron chi connectivity index (χ2n) is 7.83. The highest BCUT2D eigenvalue weighted by atomic mass is 16.5. The molecule has 0 saturated heterocycles. The molecule has 0 aliphatic heterocycles. The van der Waals surface area contributed by atoms with Crippen LogP contribution < -0.4 is 10.9 Å². The maximum Gasteiger partial charge on any atom is 0.325 e. The van der Waals surface area contributed by atoms with Crippen LogP contribution in [0.15, 0.2) is 29.1 Å². The van der Waals surface area contributed by atoms with E-state index in [0.717, 1.165) is 25.7 Å². The Balaban J connectivity index is 2.39. The van der Waals surface area contributed by atoms with Crippen molar-refractivity contribution in [1.82, 2.24) is 19.8 Å². The molecule has 2 rings (SSSR count). The number of nitrogens with one attached hydrogen (secondary N) is 1. The number of hydrogen-bond donors (Lipinski definition) is 1. The Morgan fingerprint density at radius 2 is 1.94 bits per heavy atom. The van der Waals surface area contributed by atoms with Crippen molar-refractivity contribution in [2.75, 3.05) is 33.4 Å². The Bertz CT molecular complexity index is 975. The summed E-state index contributed by atoms with van der Waals surface area (Å²) in [5, 5.41) is 3.17. The van der Waals surface area contributed by atoms with Crippen LogP contribution in [0.25, 0.3) is 10.9 Å². The molecule has 0 aliphatic carbocycles. The predicted octanol–water partition coefficient (Wildman–Crippen LogP) is 3.26. The normalized spacial score (nSPS) is 11.9. The SMILES string of the molecule is CCCCCCN(C(=O)NCC(=O)OCC)C(C)c1nc2ccccc2c(=O)n1CCOC. The summed E-state index contributed by atoms with van der Waals surface area (Å²) in [6.45, 7) is 6.86. The summed E-state index contributed by atoms with van der Waals surface area (Å²) in [5.41, 5.74) is 0.410. The van der Waals surface area contributed by atoms with Crippen molar-refractivity contribution >= 4 is 22.9 Å². The molecule has 2 amide bonds. The third kappa shape index (κ3) is 7.28. The second kappa shape index (κ2) is 13.6. The third-order valence-electron chi connectivity index (χ3n) is 5.45. The van der Waals surface area contributed by atoms with Crippen LogP contribution in [0.1, 0.15) is 58.3 Å². The van der Waals surface area contributed by atoms with Crippen LogP contribution in [0.4, 0.5) is 4.79 Å². The van der Waals surface area contributed by atoms with Gasteiger partial charge in [0.25, 0.3) is 5.56 Å². The van der Waals surface area contributed by atoms with Crippen LogP contribution in [0.2, 0.25) is 0 Å². The summed E-state index contributed by atoms with van der Waals surface area (Å²) in [5.74, 6) is -0.0113. The number of ether oxygens (including phenoxy) is 2. The van der Waals surface area contributed by atoms with Crippen LogP contribution in [-0.2, 0) is 20.8 Å². The Morgan fingerprint density at radius 1 is 1.18 bits per heavy atom. The van der Waals surface area contributed by atoms with Crippen molar-refractivity contribution < 1.29 is 19.1 Å². The van der Waals surface area contributed by atoms with Crippen LogP contribution in [0, 0.1) is 0 Å². The molecule has 182 valence electrons. The van der Waals surface area contributed by atoms with Crippen molar-refractivity contribution in [2.45, 2.75) is 59.0 Å². The minimum Gasteiger partial charge on any atom is -0.465 e. The molecule has 1 unspecified atom stereocenters. The van der Waals surface area contributed by atoms with Crippen molar-refractivity contribution in [2.24, 2.45) is 0 Å². The van der Waals surface area contributed by atoms with Gasteiger partial charge in [-0.1, -0.05) is 38.3 Å². The van der Waals surface area contributed by atoms with E-state index >= 15 is 0 Å². The molecule has 33 heavy (non-hydrogen) atoms. The number of benzene rings is 1. The largest absolute Gasteiger partial charge is 0.465 e. The van der Waals surface area contributed by atoms with E-state index in [-0.39, 0.29) is 18.7 Å². The summed E-state index contributed by atoms with van der Waals surface area (Å²) in [6.07, 6.45) is 3.93. The molecule has 9 heteroatoms. The van der Waals surface area contributed by atoms with Gasteiger partial charge in [0, 0.05) is 13.7 Å². The first kappa shape index (κ1) is 26.3. The average Bonchev–Trinajstić information content (AvgIpc) is 2.82. The third-order valence-corrected chi connectivity index (χ3v) is 5.45. The predicted molar refractivity (Wildman–Crippen MR) is 127 cm³/mol. The molecule has 1 aromatic heterocycles. The summed E-state index contributed by atoms with van der Waals surface area (Å²) in [7, 11) is 1.57. The number of aromatic nitrogens is 2. The topological polar surface area (TPSA) is 103 Å². The quantitative estimate of drug-likeness (QED) is 0.364. The Kier molecular flexibility index (Phi) is 10.8. The molecule has 0 aliphatic rings. The Hall–Kier alpha value is -2.94. The smallest absolute Gasteiger partial charge is 0.325 e. The van der Waals surface area contributed by atoms with E-state index in [1.54, 1.807) is 41.7 Å². The lowest BCUT2D eigenvalue weighted by Crippen LogP contribution is -2.45. The van der Waals surface area contributed by atoms with Crippen molar-refractivity contribution in [1.29, 1.82) is 0 Å². The van der Waals surface area contributed by atoms with E-state index in [1.807, 2.05) is 13.0 Å². The number of para-hydroxylation sites is 1. The first-order valence-electron chi connectivity index (χ1n) is 11.6. The number of carbonyl (C=O) groups is 2. The first-order chi connectivity index (χ1) is 15.9. The lowest BCUT2D eigenvalue weighted by molar-refractivity contribution is -0.141. The molecule has 2 aromatic rings. The average molecular weight is 461 g/mol. The molecule has 0 saturated carbocycles. The van der Waals surface area contributed by atoms with E-state index in [4.69, 9.17) is 14.5 Å². The molecule has 0 fully saturated rings. The minimum atomic E-state index is -0.497. The molecular formula is C24H36N4O5. The second-order valence-corrected chi connectivity index (χ2v) is 7.83. The lowest BCUT2D eigenvalue weighted by Gasteiger charge is -2.30. The lowest BCUT2D eigenvalue weighted by atomic mass is 10.1. The number of esters is 1. The van der Waals surface area contributed by atoms with Crippen molar-refractivity contribution in [3.63, 3.8) is 0 Å². The fraction of sp³-hybridized carbons (Fsp3) is 0.583. The first-order valence-corrected chi connectivity index (χ1v) is 11.6. The monoisotopic (exact) mass is 460 g/mol. The minimum absolute atomic E-state index is 0.169. The van der Waals surface area contributed by atoms with Crippen molar-refractivity contribution in [3.8, 4) is 0 Å². The van der Waals surface area contributed by atoms with E-state index in [9.17, 15) is 14.4 Å². The number of nitrogens with zero attached hydrogens (tertiary/aromatic N) is 3. The summed E-state index contributed by atoms with van der Waals surface area (Å²) in [4.78, 5) is 44.4. The number of carbonyl (C=O) groups excluding carboxylic acids is 2. The highest BCUT2D eigenvalue weighted by Gasteiger charge is 2.26. The molecule has 1 aromatic carbocycles. The van der Waals surface area contributed by atoms with E-state index < -0.39 is 18.0 Å². The fourth-order valence-corrected chi connectivity index (χ4v) is 3.68. The van der Waals surface area contributed by atoms with Gasteiger partial charge in [-0.05, 0) is 32.4 Å². The van der Waals surface area contributed by atoms with Gasteiger partial charge in [-0.3, -0.25) is 14.2 Å². The molecule has 0 bridgehead atoms. The number of hydrogen-bond acceptors (Lipinski definition) is 6. The summed E-state index contributed by atoms with van der Waals surface area (Å²) < 4.78 is 11.7. The van der Waals surface area contributed by atoms with Gasteiger partial charge in [0.15, 0.2) is 0 Å². The van der Waals surface area contributed by atoms with Gasteiger partial charge < -0.3 is 19.7 Å². The van der Waals surface area contributed by atoms with Gasteiger partial charge in [-0.2, -0.15) is 0 Å². The fourth-order valence-electron chi connectivity index (χ4n) is 3.68. The van der Waals surface area contributed by atoms with Crippen LogP contribution in [-0.4, -0.2) is 59.9 Å². The van der Waals surface area contributed by atoms with Gasteiger partial charge >= 0.3 is 12.0 Å². The van der Waals surface area contributed by atoms with Gasteiger partial charge in [0.05, 0.1) is 36.7 Å². The van der Waals surface area contributed by atoms with Gasteiger partial charge in [0.1, 0.15) is 12.4 Å². The number of rotatable bonds is 13. The highest BCUT2D eigenvalue weighted by Crippen LogP contribution is 2.21. The standard InChI is InChI=1S/C24H36N4O5/c1-5-7-8-11-14-27(24(31)25-17-21(29)33-6-2)18(3)22-26-20-13-10-9-12-19(20)23(30)28(22)15-16-32-4/h9-10,12-13,18H,5-8,11,14-17H2,1-4H3,(H,25,31). The number of methoxy groups -OCH3 is 1. The maximum absolute atomic E-state index is 13.2. The Morgan fingerprint density at radius 3 is 2.64 bits per heavy atom. The van der Waals surface area contributed by atoms with Crippen molar-refractivity contribution in [3.05, 3.63) is 40.4 Å². The molecule has 0 spiro atoms. The van der Waals surface area contributed by atoms with E-state index in [1.165, 1.54) is 0 Å². The zero-order valence-electron chi connectivity index (χ0n) is 20.1. The van der Waals surface area contributed by atoms with Crippen LogP contribution in [0.3, 0.4) is 0 Å². The summed E-state index contributed by atoms with van der Waals surface area (Å²) >= 11 is 0. The number of unbranched alkanes of at least 4 members (excludes halogenated alkanes) is 3. The molecule has 1 atom stereocenters. The van der Waals surface area contributed by atoms with Crippen LogP contribution >= 0.6 is 0 Å². The number of urea groups is 1. The Labute approximate surface area is 195 Å². The van der Waals surface area contributed by atoms with Crippen LogP contribution in [0.5, 0.6) is 0 Å². The zero-order chi connectivity index (χ0) is 24.2.